The predicted molar refractivity (Wildman–Crippen MR) is 65.7 cm³/mol. The van der Waals surface area contributed by atoms with Gasteiger partial charge in [-0.3, -0.25) is 4.79 Å². The fourth-order valence-corrected chi connectivity index (χ4v) is 2.49. The van der Waals surface area contributed by atoms with E-state index in [0.29, 0.717) is 5.92 Å². The van der Waals surface area contributed by atoms with Crippen LogP contribution in [-0.2, 0) is 0 Å². The van der Waals surface area contributed by atoms with Crippen LogP contribution in [0, 0.1) is 0 Å². The molecule has 0 heterocycles. The smallest absolute Gasteiger partial charge is 0.251 e. The van der Waals surface area contributed by atoms with E-state index in [1.54, 1.807) is 7.05 Å². The fourth-order valence-electron chi connectivity index (χ4n) is 2.49. The van der Waals surface area contributed by atoms with Gasteiger partial charge in [-0.2, -0.15) is 0 Å². The van der Waals surface area contributed by atoms with Crippen molar-refractivity contribution in [2.24, 2.45) is 0 Å². The van der Waals surface area contributed by atoms with Gasteiger partial charge in [-0.1, -0.05) is 31.4 Å². The molecule has 1 aromatic rings. The number of carbonyl (C=O) groups is 1. The van der Waals surface area contributed by atoms with Crippen molar-refractivity contribution in [1.82, 2.24) is 5.32 Å². The highest BCUT2D eigenvalue weighted by atomic mass is 16.1. The van der Waals surface area contributed by atoms with Crippen LogP contribution in [0.4, 0.5) is 0 Å². The summed E-state index contributed by atoms with van der Waals surface area (Å²) in [6.45, 7) is 0. The van der Waals surface area contributed by atoms with E-state index in [0.717, 1.165) is 5.56 Å². The number of nitrogens with one attached hydrogen (secondary N) is 1. The average molecular weight is 217 g/mol. The maximum Gasteiger partial charge on any atom is 0.251 e. The van der Waals surface area contributed by atoms with Gasteiger partial charge in [0, 0.05) is 12.6 Å². The molecule has 1 N–H and O–H groups in total. The molecule has 1 aromatic carbocycles. The van der Waals surface area contributed by atoms with Crippen molar-refractivity contribution in [3.63, 3.8) is 0 Å². The summed E-state index contributed by atoms with van der Waals surface area (Å²) < 4.78 is 0. The Bertz CT molecular complexity index is 350. The summed E-state index contributed by atoms with van der Waals surface area (Å²) in [6.07, 6.45) is 6.69. The lowest BCUT2D eigenvalue weighted by Gasteiger charge is -2.21. The molecule has 2 rings (SSSR count). The molecular formula is C14H19NO. The Hall–Kier alpha value is -1.31. The van der Waals surface area contributed by atoms with Crippen LogP contribution in [0.15, 0.2) is 24.3 Å². The van der Waals surface area contributed by atoms with Gasteiger partial charge in [-0.05, 0) is 36.5 Å². The van der Waals surface area contributed by atoms with Crippen molar-refractivity contribution < 1.29 is 4.79 Å². The van der Waals surface area contributed by atoms with E-state index < -0.39 is 0 Å². The third-order valence-corrected chi connectivity index (χ3v) is 3.48. The summed E-state index contributed by atoms with van der Waals surface area (Å²) in [5.74, 6) is 0.711. The molecule has 0 spiro atoms. The standard InChI is InChI=1S/C14H19NO/c1-15-14(16)13-9-7-12(8-10-13)11-5-3-2-4-6-11/h7-11H,2-6H2,1H3,(H,15,16). The molecule has 16 heavy (non-hydrogen) atoms. The molecule has 0 aliphatic heterocycles. The summed E-state index contributed by atoms with van der Waals surface area (Å²) in [7, 11) is 1.66. The van der Waals surface area contributed by atoms with E-state index >= 15 is 0 Å². The molecule has 0 saturated heterocycles. The maximum atomic E-state index is 11.4. The van der Waals surface area contributed by atoms with E-state index in [1.807, 2.05) is 12.1 Å². The molecule has 0 unspecified atom stereocenters. The number of rotatable bonds is 2. The van der Waals surface area contributed by atoms with Gasteiger partial charge < -0.3 is 5.32 Å². The largest absolute Gasteiger partial charge is 0.355 e. The Balaban J connectivity index is 2.09. The lowest BCUT2D eigenvalue weighted by molar-refractivity contribution is 0.0963. The van der Waals surface area contributed by atoms with Crippen LogP contribution in [0.5, 0.6) is 0 Å². The molecule has 86 valence electrons. The molecule has 1 aliphatic rings. The van der Waals surface area contributed by atoms with Gasteiger partial charge in [0.1, 0.15) is 0 Å². The highest BCUT2D eigenvalue weighted by Crippen LogP contribution is 2.32. The van der Waals surface area contributed by atoms with Crippen LogP contribution in [0.25, 0.3) is 0 Å². The van der Waals surface area contributed by atoms with Crippen molar-refractivity contribution in [2.75, 3.05) is 7.05 Å². The van der Waals surface area contributed by atoms with E-state index in [1.165, 1.54) is 37.7 Å². The van der Waals surface area contributed by atoms with Crippen LogP contribution in [0.3, 0.4) is 0 Å². The van der Waals surface area contributed by atoms with Crippen LogP contribution >= 0.6 is 0 Å². The van der Waals surface area contributed by atoms with Crippen molar-refractivity contribution in [3.05, 3.63) is 35.4 Å². The lowest BCUT2D eigenvalue weighted by atomic mass is 9.84. The number of amides is 1. The minimum atomic E-state index is -0.00445. The molecule has 1 aliphatic carbocycles. The zero-order valence-electron chi connectivity index (χ0n) is 9.83. The normalized spacial score (nSPS) is 17.1. The van der Waals surface area contributed by atoms with Gasteiger partial charge in [0.25, 0.3) is 5.91 Å². The summed E-state index contributed by atoms with van der Waals surface area (Å²) in [5.41, 5.74) is 2.15. The SMILES string of the molecule is CNC(=O)c1ccc(C2CCCCC2)cc1. The molecule has 2 nitrogen and oxygen atoms in total. The van der Waals surface area contributed by atoms with Crippen LogP contribution in [-0.4, -0.2) is 13.0 Å². The quantitative estimate of drug-likeness (QED) is 0.810. The third kappa shape index (κ3) is 2.43. The van der Waals surface area contributed by atoms with Gasteiger partial charge in [-0.25, -0.2) is 0 Å². The van der Waals surface area contributed by atoms with E-state index in [-0.39, 0.29) is 5.91 Å². The number of benzene rings is 1. The minimum absolute atomic E-state index is 0.00445. The average Bonchev–Trinajstić information content (AvgIpc) is 2.39. The summed E-state index contributed by atoms with van der Waals surface area (Å²) in [5, 5.41) is 2.64. The second-order valence-electron chi connectivity index (χ2n) is 4.54. The first-order chi connectivity index (χ1) is 7.81. The molecule has 2 heteroatoms. The van der Waals surface area contributed by atoms with Crippen molar-refractivity contribution >= 4 is 5.91 Å². The van der Waals surface area contributed by atoms with Crippen molar-refractivity contribution in [1.29, 1.82) is 0 Å². The number of hydrogen-bond donors (Lipinski definition) is 1. The maximum absolute atomic E-state index is 11.4. The summed E-state index contributed by atoms with van der Waals surface area (Å²) >= 11 is 0. The molecule has 1 saturated carbocycles. The van der Waals surface area contributed by atoms with Gasteiger partial charge in [0.05, 0.1) is 0 Å². The van der Waals surface area contributed by atoms with Gasteiger partial charge >= 0.3 is 0 Å². The molecular weight excluding hydrogens is 198 g/mol. The van der Waals surface area contributed by atoms with Crippen molar-refractivity contribution in [2.45, 2.75) is 38.0 Å². The molecule has 0 atom stereocenters. The van der Waals surface area contributed by atoms with Gasteiger partial charge in [-0.15, -0.1) is 0 Å². The van der Waals surface area contributed by atoms with Gasteiger partial charge in [0.2, 0.25) is 0 Å². The number of hydrogen-bond acceptors (Lipinski definition) is 1. The highest BCUT2D eigenvalue weighted by molar-refractivity contribution is 5.93. The monoisotopic (exact) mass is 217 g/mol. The van der Waals surface area contributed by atoms with Crippen LogP contribution < -0.4 is 5.32 Å². The van der Waals surface area contributed by atoms with E-state index in [9.17, 15) is 4.79 Å². The predicted octanol–water partition coefficient (Wildman–Crippen LogP) is 3.09. The zero-order chi connectivity index (χ0) is 11.4. The van der Waals surface area contributed by atoms with E-state index in [2.05, 4.69) is 17.4 Å². The fraction of sp³-hybridized carbons (Fsp3) is 0.500. The minimum Gasteiger partial charge on any atom is -0.355 e. The first kappa shape index (κ1) is 11.2. The first-order valence-electron chi connectivity index (χ1n) is 6.13. The molecule has 0 bridgehead atoms. The number of carbonyl (C=O) groups excluding carboxylic acids is 1. The summed E-state index contributed by atoms with van der Waals surface area (Å²) in [6, 6.07) is 8.09. The second kappa shape index (κ2) is 5.15. The van der Waals surface area contributed by atoms with Crippen LogP contribution in [0.1, 0.15) is 53.9 Å². The summed E-state index contributed by atoms with van der Waals surface area (Å²) in [4.78, 5) is 11.4. The third-order valence-electron chi connectivity index (χ3n) is 3.48. The molecule has 1 amide bonds. The first-order valence-corrected chi connectivity index (χ1v) is 6.13. The highest BCUT2D eigenvalue weighted by Gasteiger charge is 2.15. The molecule has 0 aromatic heterocycles. The Morgan fingerprint density at radius 1 is 1.12 bits per heavy atom. The van der Waals surface area contributed by atoms with Crippen LogP contribution in [0.2, 0.25) is 0 Å². The zero-order valence-corrected chi connectivity index (χ0v) is 9.83. The lowest BCUT2D eigenvalue weighted by Crippen LogP contribution is -2.17. The topological polar surface area (TPSA) is 29.1 Å². The Morgan fingerprint density at radius 2 is 1.75 bits per heavy atom. The van der Waals surface area contributed by atoms with Crippen molar-refractivity contribution in [3.8, 4) is 0 Å². The van der Waals surface area contributed by atoms with Gasteiger partial charge in [0.15, 0.2) is 0 Å². The Morgan fingerprint density at radius 3 is 2.31 bits per heavy atom. The molecule has 0 radical (unpaired) electrons. The Labute approximate surface area is 97.1 Å². The Kier molecular flexibility index (Phi) is 3.60. The van der Waals surface area contributed by atoms with E-state index in [4.69, 9.17) is 0 Å². The molecule has 1 fully saturated rings. The second-order valence-corrected chi connectivity index (χ2v) is 4.54.